The van der Waals surface area contributed by atoms with Crippen molar-refractivity contribution in [2.75, 3.05) is 26.2 Å². The first-order chi connectivity index (χ1) is 9.11. The second-order valence-electron chi connectivity index (χ2n) is 5.32. The molecule has 21 heavy (non-hydrogen) atoms. The van der Waals surface area contributed by atoms with Gasteiger partial charge in [-0.1, -0.05) is 20.3 Å². The Labute approximate surface area is 138 Å². The van der Waals surface area contributed by atoms with Crippen LogP contribution in [0.4, 0.5) is 8.78 Å². The minimum Gasteiger partial charge on any atom is -0.314 e. The topological polar surface area (TPSA) is 15.3 Å². The zero-order valence-corrected chi connectivity index (χ0v) is 14.1. The third kappa shape index (κ3) is 5.37. The SMILES string of the molecule is CCC(C)[C@H](c1cc(F)cc(F)c1)N1CCNCC1.Cl.Cl. The molecule has 0 bridgehead atoms. The van der Waals surface area contributed by atoms with Crippen molar-refractivity contribution in [3.63, 3.8) is 0 Å². The molecule has 1 N–H and O–H groups in total. The van der Waals surface area contributed by atoms with Crippen molar-refractivity contribution in [3.05, 3.63) is 35.4 Å². The highest BCUT2D eigenvalue weighted by atomic mass is 35.5. The molecular weight excluding hydrogens is 317 g/mol. The fourth-order valence-corrected chi connectivity index (χ4v) is 2.83. The third-order valence-corrected chi connectivity index (χ3v) is 3.95. The van der Waals surface area contributed by atoms with Crippen LogP contribution in [-0.2, 0) is 0 Å². The Kier molecular flexibility index (Phi) is 9.38. The summed E-state index contributed by atoms with van der Waals surface area (Å²) in [6.07, 6.45) is 0.993. The third-order valence-electron chi connectivity index (χ3n) is 3.95. The predicted octanol–water partition coefficient (Wildman–Crippen LogP) is 3.80. The number of hydrogen-bond donors (Lipinski definition) is 1. The second-order valence-corrected chi connectivity index (χ2v) is 5.32. The largest absolute Gasteiger partial charge is 0.314 e. The van der Waals surface area contributed by atoms with Gasteiger partial charge in [-0.25, -0.2) is 8.78 Å². The van der Waals surface area contributed by atoms with Crippen molar-refractivity contribution in [2.24, 2.45) is 5.92 Å². The number of piperazine rings is 1. The maximum Gasteiger partial charge on any atom is 0.126 e. The molecule has 1 aromatic carbocycles. The van der Waals surface area contributed by atoms with Crippen LogP contribution in [0.1, 0.15) is 31.9 Å². The minimum atomic E-state index is -0.488. The van der Waals surface area contributed by atoms with E-state index in [2.05, 4.69) is 24.1 Å². The average Bonchev–Trinajstić information content (AvgIpc) is 2.39. The van der Waals surface area contributed by atoms with Crippen LogP contribution in [0.5, 0.6) is 0 Å². The van der Waals surface area contributed by atoms with Gasteiger partial charge in [-0.15, -0.1) is 24.8 Å². The standard InChI is InChI=1S/C15H22F2N2.2ClH/c1-3-11(2)15(19-6-4-18-5-7-19)12-8-13(16)10-14(17)9-12;;/h8-11,15,18H,3-7H2,1-2H3;2*1H/t11?,15-;;/m1../s1. The second kappa shape index (κ2) is 9.57. The predicted molar refractivity (Wildman–Crippen MR) is 87.5 cm³/mol. The first kappa shape index (κ1) is 20.6. The van der Waals surface area contributed by atoms with E-state index in [9.17, 15) is 8.78 Å². The van der Waals surface area contributed by atoms with Gasteiger partial charge in [-0.2, -0.15) is 0 Å². The Morgan fingerprint density at radius 3 is 2.10 bits per heavy atom. The monoisotopic (exact) mass is 340 g/mol. The van der Waals surface area contributed by atoms with Crippen LogP contribution in [0.25, 0.3) is 0 Å². The van der Waals surface area contributed by atoms with Crippen molar-refractivity contribution in [2.45, 2.75) is 26.3 Å². The van der Waals surface area contributed by atoms with Crippen LogP contribution >= 0.6 is 24.8 Å². The van der Waals surface area contributed by atoms with Crippen LogP contribution in [0.3, 0.4) is 0 Å². The highest BCUT2D eigenvalue weighted by Crippen LogP contribution is 2.31. The van der Waals surface area contributed by atoms with E-state index in [1.807, 2.05) is 0 Å². The lowest BCUT2D eigenvalue weighted by Gasteiger charge is -2.38. The lowest BCUT2D eigenvalue weighted by Crippen LogP contribution is -2.46. The summed E-state index contributed by atoms with van der Waals surface area (Å²) in [5, 5.41) is 3.31. The average molecular weight is 341 g/mol. The molecule has 2 rings (SSSR count). The molecule has 1 saturated heterocycles. The summed E-state index contributed by atoms with van der Waals surface area (Å²) in [5.74, 6) is -0.601. The first-order valence-corrected chi connectivity index (χ1v) is 7.02. The molecule has 1 aromatic rings. The lowest BCUT2D eigenvalue weighted by molar-refractivity contribution is 0.128. The van der Waals surface area contributed by atoms with Gasteiger partial charge in [0, 0.05) is 38.3 Å². The lowest BCUT2D eigenvalue weighted by atomic mass is 9.90. The van der Waals surface area contributed by atoms with Crippen LogP contribution in [0.2, 0.25) is 0 Å². The smallest absolute Gasteiger partial charge is 0.126 e. The van der Waals surface area contributed by atoms with Crippen LogP contribution in [0, 0.1) is 17.6 Å². The first-order valence-electron chi connectivity index (χ1n) is 7.02. The van der Waals surface area contributed by atoms with E-state index in [1.165, 1.54) is 12.1 Å². The van der Waals surface area contributed by atoms with Crippen LogP contribution < -0.4 is 5.32 Å². The highest BCUT2D eigenvalue weighted by Gasteiger charge is 2.27. The molecule has 122 valence electrons. The number of rotatable bonds is 4. The molecule has 0 saturated carbocycles. The Morgan fingerprint density at radius 2 is 1.62 bits per heavy atom. The quantitative estimate of drug-likeness (QED) is 0.896. The minimum absolute atomic E-state index is 0. The van der Waals surface area contributed by atoms with E-state index in [1.54, 1.807) is 0 Å². The Morgan fingerprint density at radius 1 is 1.10 bits per heavy atom. The van der Waals surface area contributed by atoms with Crippen molar-refractivity contribution in [1.82, 2.24) is 10.2 Å². The van der Waals surface area contributed by atoms with E-state index >= 15 is 0 Å². The molecule has 0 spiro atoms. The number of hydrogen-bond acceptors (Lipinski definition) is 2. The molecule has 0 amide bonds. The van der Waals surface area contributed by atoms with E-state index in [4.69, 9.17) is 0 Å². The summed E-state index contributed by atoms with van der Waals surface area (Å²) in [7, 11) is 0. The molecule has 2 nitrogen and oxygen atoms in total. The summed E-state index contributed by atoms with van der Waals surface area (Å²) in [5.41, 5.74) is 0.758. The Bertz CT molecular complexity index is 406. The summed E-state index contributed by atoms with van der Waals surface area (Å²) >= 11 is 0. The molecule has 1 aliphatic heterocycles. The van der Waals surface area contributed by atoms with Gasteiger partial charge in [0.2, 0.25) is 0 Å². The maximum absolute atomic E-state index is 13.5. The number of nitrogens with zero attached hydrogens (tertiary/aromatic N) is 1. The number of benzene rings is 1. The molecule has 1 aliphatic rings. The molecule has 6 heteroatoms. The number of nitrogens with one attached hydrogen (secondary N) is 1. The number of halogens is 4. The van der Waals surface area contributed by atoms with Gasteiger partial charge < -0.3 is 5.32 Å². The van der Waals surface area contributed by atoms with E-state index in [-0.39, 0.29) is 30.9 Å². The zero-order valence-electron chi connectivity index (χ0n) is 12.4. The maximum atomic E-state index is 13.5. The van der Waals surface area contributed by atoms with Gasteiger partial charge in [0.15, 0.2) is 0 Å². The van der Waals surface area contributed by atoms with Crippen LogP contribution in [-0.4, -0.2) is 31.1 Å². The fourth-order valence-electron chi connectivity index (χ4n) is 2.83. The molecular formula is C15H24Cl2F2N2. The van der Waals surface area contributed by atoms with Crippen molar-refractivity contribution < 1.29 is 8.78 Å². The van der Waals surface area contributed by atoms with Crippen molar-refractivity contribution in [3.8, 4) is 0 Å². The van der Waals surface area contributed by atoms with Gasteiger partial charge in [0.25, 0.3) is 0 Å². The molecule has 1 unspecified atom stereocenters. The van der Waals surface area contributed by atoms with Crippen LogP contribution in [0.15, 0.2) is 18.2 Å². The fraction of sp³-hybridized carbons (Fsp3) is 0.600. The normalized spacial score (nSPS) is 18.3. The zero-order chi connectivity index (χ0) is 13.8. The van der Waals surface area contributed by atoms with Gasteiger partial charge in [-0.05, 0) is 23.6 Å². The summed E-state index contributed by atoms with van der Waals surface area (Å²) in [6.45, 7) is 7.99. The summed E-state index contributed by atoms with van der Waals surface area (Å²) < 4.78 is 26.9. The van der Waals surface area contributed by atoms with Gasteiger partial charge in [0.1, 0.15) is 11.6 Å². The molecule has 1 fully saturated rings. The molecule has 2 atom stereocenters. The Hall–Kier alpha value is -0.420. The summed E-state index contributed by atoms with van der Waals surface area (Å²) in [6, 6.07) is 3.98. The molecule has 0 aliphatic carbocycles. The Balaban J connectivity index is 0.00000200. The molecule has 1 heterocycles. The van der Waals surface area contributed by atoms with Crippen molar-refractivity contribution >= 4 is 24.8 Å². The van der Waals surface area contributed by atoms with Gasteiger partial charge in [-0.3, -0.25) is 4.90 Å². The molecule has 0 radical (unpaired) electrons. The van der Waals surface area contributed by atoms with E-state index in [0.29, 0.717) is 5.92 Å². The van der Waals surface area contributed by atoms with E-state index < -0.39 is 11.6 Å². The molecule has 0 aromatic heterocycles. The van der Waals surface area contributed by atoms with Crippen molar-refractivity contribution in [1.29, 1.82) is 0 Å². The van der Waals surface area contributed by atoms with Gasteiger partial charge >= 0.3 is 0 Å². The highest BCUT2D eigenvalue weighted by molar-refractivity contribution is 5.85. The van der Waals surface area contributed by atoms with E-state index in [0.717, 1.165) is 44.2 Å². The summed E-state index contributed by atoms with van der Waals surface area (Å²) in [4.78, 5) is 2.33. The van der Waals surface area contributed by atoms with Gasteiger partial charge in [0.05, 0.1) is 0 Å².